The lowest BCUT2D eigenvalue weighted by atomic mass is 9.90. The Morgan fingerprint density at radius 1 is 1.36 bits per heavy atom. The number of carboxylic acid groups (broad SMARTS) is 1. The van der Waals surface area contributed by atoms with Gasteiger partial charge in [0.25, 0.3) is 0 Å². The topological polar surface area (TPSA) is 83.5 Å². The van der Waals surface area contributed by atoms with E-state index in [2.05, 4.69) is 4.72 Å². The molecule has 120 valence electrons. The minimum absolute atomic E-state index is 0.132. The van der Waals surface area contributed by atoms with E-state index in [1.54, 1.807) is 12.2 Å². The monoisotopic (exact) mass is 347 g/mol. The Morgan fingerprint density at radius 3 is 2.73 bits per heavy atom. The van der Waals surface area contributed by atoms with E-state index in [1.807, 2.05) is 0 Å². The van der Waals surface area contributed by atoms with Crippen LogP contribution in [0.15, 0.2) is 30.4 Å². The van der Waals surface area contributed by atoms with Crippen LogP contribution in [0.5, 0.6) is 0 Å². The van der Waals surface area contributed by atoms with Gasteiger partial charge in [-0.1, -0.05) is 23.8 Å². The summed E-state index contributed by atoms with van der Waals surface area (Å²) in [5.74, 6) is -2.96. The van der Waals surface area contributed by atoms with Crippen LogP contribution in [0.25, 0.3) is 0 Å². The quantitative estimate of drug-likeness (QED) is 0.801. The fraction of sp³-hybridized carbons (Fsp3) is 0.357. The number of allylic oxidation sites excluding steroid dienone is 1. The number of nitrogens with one attached hydrogen (secondary N) is 1. The normalized spacial score (nSPS) is 21.7. The van der Waals surface area contributed by atoms with Gasteiger partial charge in [0.15, 0.2) is 0 Å². The van der Waals surface area contributed by atoms with Crippen LogP contribution in [0.1, 0.15) is 18.4 Å². The van der Waals surface area contributed by atoms with E-state index < -0.39 is 39.5 Å². The van der Waals surface area contributed by atoms with Crippen LogP contribution in [0, 0.1) is 11.7 Å². The van der Waals surface area contributed by atoms with Gasteiger partial charge in [0.05, 0.1) is 11.7 Å². The number of halogens is 2. The number of carbonyl (C=O) groups is 1. The van der Waals surface area contributed by atoms with E-state index in [-0.39, 0.29) is 17.0 Å². The first kappa shape index (κ1) is 16.9. The molecular weight excluding hydrogens is 333 g/mol. The molecule has 0 amide bonds. The van der Waals surface area contributed by atoms with E-state index in [0.717, 1.165) is 12.1 Å². The zero-order valence-electron chi connectivity index (χ0n) is 11.5. The molecule has 1 aromatic rings. The summed E-state index contributed by atoms with van der Waals surface area (Å²) in [5, 5.41) is 9.28. The van der Waals surface area contributed by atoms with E-state index >= 15 is 0 Å². The van der Waals surface area contributed by atoms with Gasteiger partial charge in [-0.15, -0.1) is 0 Å². The second-order valence-corrected chi connectivity index (χ2v) is 7.27. The van der Waals surface area contributed by atoms with Crippen LogP contribution in [-0.4, -0.2) is 25.5 Å². The molecule has 5 nitrogen and oxygen atoms in total. The van der Waals surface area contributed by atoms with Crippen molar-refractivity contribution in [3.05, 3.63) is 46.8 Å². The number of rotatable bonds is 5. The number of hydrogen-bond donors (Lipinski definition) is 2. The van der Waals surface area contributed by atoms with Gasteiger partial charge >= 0.3 is 5.97 Å². The van der Waals surface area contributed by atoms with Crippen molar-refractivity contribution in [1.29, 1.82) is 0 Å². The lowest BCUT2D eigenvalue weighted by Gasteiger charge is -2.26. The Hall–Kier alpha value is -1.44. The smallest absolute Gasteiger partial charge is 0.308 e. The van der Waals surface area contributed by atoms with Gasteiger partial charge in [0.2, 0.25) is 10.0 Å². The van der Waals surface area contributed by atoms with Crippen LogP contribution in [-0.2, 0) is 20.6 Å². The summed E-state index contributed by atoms with van der Waals surface area (Å²) in [6.45, 7) is 0. The lowest BCUT2D eigenvalue weighted by molar-refractivity contribution is -0.142. The molecule has 1 aromatic carbocycles. The average Bonchev–Trinajstić information content (AvgIpc) is 2.42. The Morgan fingerprint density at radius 2 is 2.05 bits per heavy atom. The predicted octanol–water partition coefficient (Wildman–Crippen LogP) is 2.32. The highest BCUT2D eigenvalue weighted by Gasteiger charge is 2.31. The maximum atomic E-state index is 13.2. The first-order valence-electron chi connectivity index (χ1n) is 6.60. The van der Waals surface area contributed by atoms with Crippen molar-refractivity contribution < 1.29 is 22.7 Å². The lowest BCUT2D eigenvalue weighted by Crippen LogP contribution is -2.44. The molecule has 1 aliphatic rings. The summed E-state index contributed by atoms with van der Waals surface area (Å²) in [7, 11) is -3.84. The minimum atomic E-state index is -3.84. The molecule has 8 heteroatoms. The predicted molar refractivity (Wildman–Crippen MR) is 80.5 cm³/mol. The number of hydrogen-bond acceptors (Lipinski definition) is 3. The van der Waals surface area contributed by atoms with Crippen LogP contribution in [0.3, 0.4) is 0 Å². The van der Waals surface area contributed by atoms with Gasteiger partial charge in [-0.25, -0.2) is 17.5 Å². The van der Waals surface area contributed by atoms with Crippen LogP contribution in [0.2, 0.25) is 5.02 Å². The number of carboxylic acids is 1. The van der Waals surface area contributed by atoms with Crippen molar-refractivity contribution in [1.82, 2.24) is 4.72 Å². The van der Waals surface area contributed by atoms with Gasteiger partial charge in [0, 0.05) is 11.1 Å². The molecule has 0 saturated carbocycles. The number of benzene rings is 1. The van der Waals surface area contributed by atoms with Gasteiger partial charge in [0.1, 0.15) is 5.82 Å². The summed E-state index contributed by atoms with van der Waals surface area (Å²) in [6.07, 6.45) is 4.02. The summed E-state index contributed by atoms with van der Waals surface area (Å²) in [5.41, 5.74) is 0.132. The molecule has 2 N–H and O–H groups in total. The third kappa shape index (κ3) is 4.28. The largest absolute Gasteiger partial charge is 0.481 e. The molecule has 0 aromatic heterocycles. The summed E-state index contributed by atoms with van der Waals surface area (Å²) >= 11 is 5.86. The molecule has 0 aliphatic heterocycles. The van der Waals surface area contributed by atoms with Crippen molar-refractivity contribution >= 4 is 27.6 Å². The number of sulfonamides is 1. The second kappa shape index (κ2) is 6.76. The standard InChI is InChI=1S/C14H15ClFNO4S/c15-12-6-5-10(16)7-9(12)8-22(20,21)17-13-4-2-1-3-11(13)14(18)19/h1-2,5-7,11,13,17H,3-4,8H2,(H,18,19)/t11-,13+/m1/s1. The highest BCUT2D eigenvalue weighted by atomic mass is 35.5. The first-order chi connectivity index (χ1) is 10.3. The van der Waals surface area contributed by atoms with Crippen LogP contribution >= 0.6 is 11.6 Å². The molecule has 0 unspecified atom stereocenters. The molecule has 22 heavy (non-hydrogen) atoms. The molecule has 0 radical (unpaired) electrons. The van der Waals surface area contributed by atoms with Crippen molar-refractivity contribution in [2.24, 2.45) is 5.92 Å². The third-order valence-corrected chi connectivity index (χ3v) is 5.16. The van der Waals surface area contributed by atoms with Gasteiger partial charge in [-0.2, -0.15) is 0 Å². The van der Waals surface area contributed by atoms with Crippen molar-refractivity contribution in [3.63, 3.8) is 0 Å². The molecular formula is C14H15ClFNO4S. The maximum Gasteiger partial charge on any atom is 0.308 e. The highest BCUT2D eigenvalue weighted by Crippen LogP contribution is 2.23. The van der Waals surface area contributed by atoms with Crippen molar-refractivity contribution in [3.8, 4) is 0 Å². The molecule has 0 heterocycles. The number of aliphatic carboxylic acids is 1. The zero-order chi connectivity index (χ0) is 16.3. The molecule has 2 rings (SSSR count). The van der Waals surface area contributed by atoms with Gasteiger partial charge in [-0.3, -0.25) is 4.79 Å². The molecule has 0 bridgehead atoms. The molecule has 2 atom stereocenters. The summed E-state index contributed by atoms with van der Waals surface area (Å²) in [4.78, 5) is 11.2. The fourth-order valence-corrected chi connectivity index (χ4v) is 4.07. The van der Waals surface area contributed by atoms with Gasteiger partial charge < -0.3 is 5.11 Å². The summed E-state index contributed by atoms with van der Waals surface area (Å²) in [6, 6.07) is 2.75. The van der Waals surface area contributed by atoms with E-state index in [0.29, 0.717) is 6.42 Å². The van der Waals surface area contributed by atoms with Crippen molar-refractivity contribution in [2.45, 2.75) is 24.6 Å². The molecule has 0 fully saturated rings. The first-order valence-corrected chi connectivity index (χ1v) is 8.63. The summed E-state index contributed by atoms with van der Waals surface area (Å²) < 4.78 is 40.0. The Labute approximate surface area is 132 Å². The molecule has 0 saturated heterocycles. The Balaban J connectivity index is 2.15. The highest BCUT2D eigenvalue weighted by molar-refractivity contribution is 7.88. The second-order valence-electron chi connectivity index (χ2n) is 5.11. The Kier molecular flexibility index (Phi) is 5.20. The zero-order valence-corrected chi connectivity index (χ0v) is 13.1. The van der Waals surface area contributed by atoms with E-state index in [1.165, 1.54) is 6.07 Å². The Bertz CT molecular complexity index is 705. The van der Waals surface area contributed by atoms with Crippen LogP contribution < -0.4 is 4.72 Å². The molecule has 1 aliphatic carbocycles. The maximum absolute atomic E-state index is 13.2. The van der Waals surface area contributed by atoms with Gasteiger partial charge in [-0.05, 0) is 36.6 Å². The van der Waals surface area contributed by atoms with E-state index in [4.69, 9.17) is 16.7 Å². The fourth-order valence-electron chi connectivity index (χ4n) is 2.35. The molecule has 0 spiro atoms. The van der Waals surface area contributed by atoms with E-state index in [9.17, 15) is 17.6 Å². The van der Waals surface area contributed by atoms with Crippen LogP contribution in [0.4, 0.5) is 4.39 Å². The third-order valence-electron chi connectivity index (χ3n) is 3.43. The average molecular weight is 348 g/mol. The SMILES string of the molecule is O=C(O)[C@@H]1CC=CC[C@@H]1NS(=O)(=O)Cc1cc(F)ccc1Cl. The minimum Gasteiger partial charge on any atom is -0.481 e. The van der Waals surface area contributed by atoms with Crippen molar-refractivity contribution in [2.75, 3.05) is 0 Å².